The number of benzene rings is 2. The van der Waals surface area contributed by atoms with Gasteiger partial charge in [0, 0.05) is 38.4 Å². The van der Waals surface area contributed by atoms with Gasteiger partial charge in [-0.1, -0.05) is 42.5 Å². The second kappa shape index (κ2) is 10.4. The molecular formula is C25H30FN5O. The summed E-state index contributed by atoms with van der Waals surface area (Å²) in [5, 5.41) is 7.41. The number of carbonyl (C=O) groups excluding carboxylic acids is 1. The normalized spacial score (nSPS) is 14.5. The van der Waals surface area contributed by atoms with E-state index in [-0.39, 0.29) is 11.7 Å². The Bertz CT molecular complexity index is 1030. The van der Waals surface area contributed by atoms with Crippen LogP contribution in [0.4, 0.5) is 10.1 Å². The van der Waals surface area contributed by atoms with Gasteiger partial charge >= 0.3 is 0 Å². The third-order valence-corrected chi connectivity index (χ3v) is 6.03. The zero-order valence-corrected chi connectivity index (χ0v) is 18.5. The fourth-order valence-corrected chi connectivity index (χ4v) is 4.11. The standard InChI is InChI=1S/C25H30FN5O/c1-20-22(18-28-31(20)19-21-8-3-2-4-9-21)25(32)27-12-7-13-29-14-16-30(17-15-29)24-11-6-5-10-23(24)26/h2-6,8-11,18H,7,12-17,19H2,1H3,(H,27,32). The number of rotatable bonds is 8. The van der Waals surface area contributed by atoms with Crippen molar-refractivity contribution in [3.63, 3.8) is 0 Å². The Morgan fingerprint density at radius 2 is 1.75 bits per heavy atom. The summed E-state index contributed by atoms with van der Waals surface area (Å²) >= 11 is 0. The molecule has 7 heteroatoms. The molecule has 0 bridgehead atoms. The highest BCUT2D eigenvalue weighted by molar-refractivity contribution is 5.95. The summed E-state index contributed by atoms with van der Waals surface area (Å²) in [6.45, 7) is 7.54. The average Bonchev–Trinajstić information content (AvgIpc) is 3.18. The maximum atomic E-state index is 14.0. The Hall–Kier alpha value is -3.19. The first-order valence-electron chi connectivity index (χ1n) is 11.2. The van der Waals surface area contributed by atoms with Crippen molar-refractivity contribution in [2.24, 2.45) is 0 Å². The molecule has 6 nitrogen and oxygen atoms in total. The minimum Gasteiger partial charge on any atom is -0.367 e. The maximum absolute atomic E-state index is 14.0. The van der Waals surface area contributed by atoms with Crippen molar-refractivity contribution in [1.29, 1.82) is 0 Å². The molecule has 1 saturated heterocycles. The Balaban J connectivity index is 1.19. The van der Waals surface area contributed by atoms with Gasteiger partial charge in [0.15, 0.2) is 0 Å². The third-order valence-electron chi connectivity index (χ3n) is 6.03. The number of aromatic nitrogens is 2. The molecule has 3 aromatic rings. The van der Waals surface area contributed by atoms with Crippen LogP contribution in [0, 0.1) is 12.7 Å². The van der Waals surface area contributed by atoms with Gasteiger partial charge in [0.25, 0.3) is 5.91 Å². The first-order valence-corrected chi connectivity index (χ1v) is 11.2. The van der Waals surface area contributed by atoms with Crippen LogP contribution in [0.25, 0.3) is 0 Å². The number of anilines is 1. The molecule has 2 aromatic carbocycles. The van der Waals surface area contributed by atoms with E-state index in [1.165, 1.54) is 6.07 Å². The Morgan fingerprint density at radius 1 is 1.03 bits per heavy atom. The van der Waals surface area contributed by atoms with Crippen LogP contribution in [0.3, 0.4) is 0 Å². The molecule has 1 N–H and O–H groups in total. The van der Waals surface area contributed by atoms with Gasteiger partial charge in [0.1, 0.15) is 5.82 Å². The number of para-hydroxylation sites is 1. The van der Waals surface area contributed by atoms with E-state index >= 15 is 0 Å². The topological polar surface area (TPSA) is 53.4 Å². The van der Waals surface area contributed by atoms with Gasteiger partial charge < -0.3 is 10.2 Å². The predicted molar refractivity (Wildman–Crippen MR) is 125 cm³/mol. The van der Waals surface area contributed by atoms with Gasteiger partial charge in [-0.3, -0.25) is 14.4 Å². The third kappa shape index (κ3) is 5.34. The van der Waals surface area contributed by atoms with Crippen LogP contribution in [0.5, 0.6) is 0 Å². The summed E-state index contributed by atoms with van der Waals surface area (Å²) in [5.41, 5.74) is 3.33. The van der Waals surface area contributed by atoms with Crippen LogP contribution in [-0.2, 0) is 6.54 Å². The number of nitrogens with one attached hydrogen (secondary N) is 1. The minimum absolute atomic E-state index is 0.0776. The lowest BCUT2D eigenvalue weighted by atomic mass is 10.2. The minimum atomic E-state index is -0.161. The molecule has 4 rings (SSSR count). The molecular weight excluding hydrogens is 405 g/mol. The van der Waals surface area contributed by atoms with Crippen molar-refractivity contribution in [2.75, 3.05) is 44.2 Å². The monoisotopic (exact) mass is 435 g/mol. The van der Waals surface area contributed by atoms with Crippen LogP contribution in [0.2, 0.25) is 0 Å². The van der Waals surface area contributed by atoms with Gasteiger partial charge in [-0.05, 0) is 37.6 Å². The molecule has 1 aromatic heterocycles. The van der Waals surface area contributed by atoms with Crippen molar-refractivity contribution < 1.29 is 9.18 Å². The van der Waals surface area contributed by atoms with Crippen LogP contribution < -0.4 is 10.2 Å². The average molecular weight is 436 g/mol. The fraction of sp³-hybridized carbons (Fsp3) is 0.360. The molecule has 0 atom stereocenters. The zero-order valence-electron chi connectivity index (χ0n) is 18.5. The molecule has 0 aliphatic carbocycles. The van der Waals surface area contributed by atoms with Crippen LogP contribution in [0.15, 0.2) is 60.8 Å². The molecule has 0 unspecified atom stereocenters. The molecule has 1 aliphatic heterocycles. The number of piperazine rings is 1. The predicted octanol–water partition coefficient (Wildman–Crippen LogP) is 3.32. The first-order chi connectivity index (χ1) is 15.6. The van der Waals surface area contributed by atoms with Crippen molar-refractivity contribution in [1.82, 2.24) is 20.0 Å². The lowest BCUT2D eigenvalue weighted by Crippen LogP contribution is -2.47. The first kappa shape index (κ1) is 22.0. The lowest BCUT2D eigenvalue weighted by Gasteiger charge is -2.36. The van der Waals surface area contributed by atoms with E-state index in [0.717, 1.165) is 50.4 Å². The SMILES string of the molecule is Cc1c(C(=O)NCCCN2CCN(c3ccccc3F)CC2)cnn1Cc1ccccc1. The largest absolute Gasteiger partial charge is 0.367 e. The Morgan fingerprint density at radius 3 is 2.50 bits per heavy atom. The second-order valence-corrected chi connectivity index (χ2v) is 8.18. The summed E-state index contributed by atoms with van der Waals surface area (Å²) < 4.78 is 15.8. The van der Waals surface area contributed by atoms with Crippen molar-refractivity contribution >= 4 is 11.6 Å². The smallest absolute Gasteiger partial charge is 0.254 e. The van der Waals surface area contributed by atoms with Gasteiger partial charge in [-0.15, -0.1) is 0 Å². The molecule has 0 spiro atoms. The van der Waals surface area contributed by atoms with E-state index in [1.54, 1.807) is 12.3 Å². The van der Waals surface area contributed by atoms with Gasteiger partial charge in [-0.25, -0.2) is 4.39 Å². The van der Waals surface area contributed by atoms with E-state index in [2.05, 4.69) is 32.3 Å². The molecule has 168 valence electrons. The van der Waals surface area contributed by atoms with E-state index < -0.39 is 0 Å². The molecule has 32 heavy (non-hydrogen) atoms. The summed E-state index contributed by atoms with van der Waals surface area (Å²) in [7, 11) is 0. The van der Waals surface area contributed by atoms with Crippen LogP contribution in [0.1, 0.15) is 28.0 Å². The van der Waals surface area contributed by atoms with Crippen LogP contribution >= 0.6 is 0 Å². The summed E-state index contributed by atoms with van der Waals surface area (Å²) in [6.07, 6.45) is 2.53. The number of halogens is 1. The van der Waals surface area contributed by atoms with Crippen molar-refractivity contribution in [3.8, 4) is 0 Å². The fourth-order valence-electron chi connectivity index (χ4n) is 4.11. The second-order valence-electron chi connectivity index (χ2n) is 8.18. The number of hydrogen-bond acceptors (Lipinski definition) is 4. The number of hydrogen-bond donors (Lipinski definition) is 1. The van der Waals surface area contributed by atoms with Gasteiger partial charge in [-0.2, -0.15) is 5.10 Å². The summed E-state index contributed by atoms with van der Waals surface area (Å²) in [4.78, 5) is 17.1. The van der Waals surface area contributed by atoms with Gasteiger partial charge in [0.05, 0.1) is 24.0 Å². The molecule has 2 heterocycles. The molecule has 0 saturated carbocycles. The highest BCUT2D eigenvalue weighted by Crippen LogP contribution is 2.20. The highest BCUT2D eigenvalue weighted by atomic mass is 19.1. The van der Waals surface area contributed by atoms with E-state index in [1.807, 2.05) is 41.9 Å². The zero-order chi connectivity index (χ0) is 22.3. The molecule has 1 fully saturated rings. The maximum Gasteiger partial charge on any atom is 0.254 e. The van der Waals surface area contributed by atoms with Crippen molar-refractivity contribution in [2.45, 2.75) is 19.9 Å². The number of nitrogens with zero attached hydrogens (tertiary/aromatic N) is 4. The van der Waals surface area contributed by atoms with Crippen molar-refractivity contribution in [3.05, 3.63) is 83.4 Å². The summed E-state index contributed by atoms with van der Waals surface area (Å²) in [5.74, 6) is -0.239. The van der Waals surface area contributed by atoms with E-state index in [0.29, 0.717) is 24.3 Å². The molecule has 0 radical (unpaired) electrons. The number of carbonyl (C=O) groups is 1. The molecule has 1 amide bonds. The quantitative estimate of drug-likeness (QED) is 0.552. The summed E-state index contributed by atoms with van der Waals surface area (Å²) in [6, 6.07) is 17.0. The van der Waals surface area contributed by atoms with E-state index in [4.69, 9.17) is 0 Å². The lowest BCUT2D eigenvalue weighted by molar-refractivity contribution is 0.0950. The van der Waals surface area contributed by atoms with E-state index in [9.17, 15) is 9.18 Å². The Labute approximate surface area is 188 Å². The number of amides is 1. The highest BCUT2D eigenvalue weighted by Gasteiger charge is 2.19. The molecule has 1 aliphatic rings. The van der Waals surface area contributed by atoms with Crippen LogP contribution in [-0.4, -0.2) is 59.9 Å². The van der Waals surface area contributed by atoms with Gasteiger partial charge in [0.2, 0.25) is 0 Å². The Kier molecular flexibility index (Phi) is 7.17.